The molecule has 1 saturated heterocycles. The topological polar surface area (TPSA) is 65.5 Å². The summed E-state index contributed by atoms with van der Waals surface area (Å²) >= 11 is 0. The maximum atomic E-state index is 12.4. The first-order chi connectivity index (χ1) is 12.4. The maximum absolute atomic E-state index is 12.4. The van der Waals surface area contributed by atoms with Crippen LogP contribution in [0.4, 0.5) is 0 Å². The summed E-state index contributed by atoms with van der Waals surface area (Å²) in [5.41, 5.74) is 2.64. The number of carbonyl (C=O) groups excluding carboxylic acids is 2. The van der Waals surface area contributed by atoms with Gasteiger partial charge in [-0.15, -0.1) is 0 Å². The van der Waals surface area contributed by atoms with Gasteiger partial charge in [-0.2, -0.15) is 0 Å². The molecular formula is C20H30N4O2. The van der Waals surface area contributed by atoms with E-state index in [0.717, 1.165) is 43.7 Å². The number of hydrogen-bond donors (Lipinski definition) is 1. The van der Waals surface area contributed by atoms with E-state index in [9.17, 15) is 9.59 Å². The Morgan fingerprint density at radius 2 is 1.92 bits per heavy atom. The lowest BCUT2D eigenvalue weighted by Crippen LogP contribution is -2.38. The van der Waals surface area contributed by atoms with Crippen LogP contribution >= 0.6 is 0 Å². The SMILES string of the molecule is CCCN(C)CCC(=O)N1C[C@@H]2C(NC(=O)c3cc(C)c(C)cn3)[C@@H]2C1. The van der Waals surface area contributed by atoms with Crippen LogP contribution in [0.1, 0.15) is 41.4 Å². The van der Waals surface area contributed by atoms with Crippen molar-refractivity contribution in [3.8, 4) is 0 Å². The third kappa shape index (κ3) is 4.06. The summed E-state index contributed by atoms with van der Waals surface area (Å²) in [6, 6.07) is 2.03. The molecule has 0 radical (unpaired) electrons. The van der Waals surface area contributed by atoms with Gasteiger partial charge in [0.25, 0.3) is 5.91 Å². The van der Waals surface area contributed by atoms with E-state index in [1.807, 2.05) is 24.8 Å². The van der Waals surface area contributed by atoms with Crippen molar-refractivity contribution in [1.29, 1.82) is 0 Å². The largest absolute Gasteiger partial charge is 0.347 e. The number of amides is 2. The monoisotopic (exact) mass is 358 g/mol. The van der Waals surface area contributed by atoms with Crippen LogP contribution in [0.25, 0.3) is 0 Å². The first-order valence-electron chi connectivity index (χ1n) is 9.61. The number of likely N-dealkylation sites (tertiary alicyclic amines) is 1. The normalized spacial score (nSPS) is 23.9. The predicted octanol–water partition coefficient (Wildman–Crippen LogP) is 1.62. The summed E-state index contributed by atoms with van der Waals surface area (Å²) in [5.74, 6) is 0.943. The van der Waals surface area contributed by atoms with Gasteiger partial charge in [0.2, 0.25) is 5.91 Å². The van der Waals surface area contributed by atoms with Crippen LogP contribution in [0.5, 0.6) is 0 Å². The Kier molecular flexibility index (Phi) is 5.61. The van der Waals surface area contributed by atoms with E-state index in [1.165, 1.54) is 0 Å². The molecule has 3 rings (SSSR count). The van der Waals surface area contributed by atoms with Gasteiger partial charge in [0.05, 0.1) is 0 Å². The summed E-state index contributed by atoms with van der Waals surface area (Å²) in [7, 11) is 2.06. The van der Waals surface area contributed by atoms with Gasteiger partial charge in [-0.1, -0.05) is 6.92 Å². The summed E-state index contributed by atoms with van der Waals surface area (Å²) in [5, 5.41) is 3.10. The quantitative estimate of drug-likeness (QED) is 0.804. The number of carbonyl (C=O) groups is 2. The highest BCUT2D eigenvalue weighted by Gasteiger charge is 2.57. The van der Waals surface area contributed by atoms with Crippen LogP contribution in [-0.2, 0) is 4.79 Å². The van der Waals surface area contributed by atoms with Crippen LogP contribution in [0, 0.1) is 25.7 Å². The smallest absolute Gasteiger partial charge is 0.270 e. The Labute approximate surface area is 156 Å². The summed E-state index contributed by atoms with van der Waals surface area (Å²) in [6.45, 7) is 9.50. The zero-order chi connectivity index (χ0) is 18.8. The fourth-order valence-corrected chi connectivity index (χ4v) is 3.86. The van der Waals surface area contributed by atoms with E-state index < -0.39 is 0 Å². The average Bonchev–Trinajstić information content (AvgIpc) is 3.04. The van der Waals surface area contributed by atoms with E-state index in [1.54, 1.807) is 6.20 Å². The minimum Gasteiger partial charge on any atom is -0.347 e. The molecule has 1 aromatic rings. The Morgan fingerprint density at radius 1 is 1.23 bits per heavy atom. The minimum absolute atomic E-state index is 0.105. The van der Waals surface area contributed by atoms with Crippen molar-refractivity contribution in [2.75, 3.05) is 33.2 Å². The standard InChI is InChI=1S/C20H30N4O2/c1-5-7-23(4)8-6-18(25)24-11-15-16(12-24)19(15)22-20(26)17-9-13(2)14(3)10-21-17/h9-10,15-16,19H,5-8,11-12H2,1-4H3,(H,22,26)/t15-,16+,19?. The summed E-state index contributed by atoms with van der Waals surface area (Å²) in [6.07, 6.45) is 3.43. The molecule has 6 nitrogen and oxygen atoms in total. The summed E-state index contributed by atoms with van der Waals surface area (Å²) in [4.78, 5) is 33.1. The van der Waals surface area contributed by atoms with Gasteiger partial charge in [0.1, 0.15) is 5.69 Å². The zero-order valence-corrected chi connectivity index (χ0v) is 16.3. The lowest BCUT2D eigenvalue weighted by atomic mass is 10.1. The molecule has 3 atom stereocenters. The molecule has 1 unspecified atom stereocenters. The Bertz CT molecular complexity index is 678. The van der Waals surface area contributed by atoms with Crippen LogP contribution < -0.4 is 5.32 Å². The second-order valence-corrected chi connectivity index (χ2v) is 7.83. The predicted molar refractivity (Wildman–Crippen MR) is 101 cm³/mol. The number of hydrogen-bond acceptors (Lipinski definition) is 4. The van der Waals surface area contributed by atoms with Gasteiger partial charge in [-0.3, -0.25) is 14.6 Å². The molecule has 0 spiro atoms. The fraction of sp³-hybridized carbons (Fsp3) is 0.650. The average molecular weight is 358 g/mol. The Morgan fingerprint density at radius 3 is 2.54 bits per heavy atom. The molecule has 6 heteroatoms. The number of aryl methyl sites for hydroxylation is 2. The van der Waals surface area contributed by atoms with E-state index in [0.29, 0.717) is 24.0 Å². The van der Waals surface area contributed by atoms with E-state index >= 15 is 0 Å². The molecule has 2 heterocycles. The number of pyridine rings is 1. The van der Waals surface area contributed by atoms with Crippen molar-refractivity contribution >= 4 is 11.8 Å². The Hall–Kier alpha value is -1.95. The van der Waals surface area contributed by atoms with Gasteiger partial charge in [0, 0.05) is 50.1 Å². The number of fused-ring (bicyclic) bond motifs is 1. The van der Waals surface area contributed by atoms with Gasteiger partial charge in [0.15, 0.2) is 0 Å². The van der Waals surface area contributed by atoms with Crippen LogP contribution in [0.2, 0.25) is 0 Å². The van der Waals surface area contributed by atoms with Crippen LogP contribution in [0.3, 0.4) is 0 Å². The highest BCUT2D eigenvalue weighted by Crippen LogP contribution is 2.45. The second-order valence-electron chi connectivity index (χ2n) is 7.83. The first kappa shape index (κ1) is 18.8. The van der Waals surface area contributed by atoms with Crippen molar-refractivity contribution in [3.05, 3.63) is 29.1 Å². The maximum Gasteiger partial charge on any atom is 0.270 e. The lowest BCUT2D eigenvalue weighted by Gasteiger charge is -2.22. The third-order valence-electron chi connectivity index (χ3n) is 5.76. The van der Waals surface area contributed by atoms with Gasteiger partial charge in [-0.05, 0) is 51.1 Å². The van der Waals surface area contributed by atoms with Gasteiger partial charge < -0.3 is 15.1 Å². The lowest BCUT2D eigenvalue weighted by molar-refractivity contribution is -0.131. The molecule has 1 aliphatic heterocycles. The minimum atomic E-state index is -0.105. The molecule has 142 valence electrons. The molecule has 1 N–H and O–H groups in total. The first-order valence-corrected chi connectivity index (χ1v) is 9.61. The van der Waals surface area contributed by atoms with Crippen molar-refractivity contribution in [3.63, 3.8) is 0 Å². The molecule has 2 fully saturated rings. The van der Waals surface area contributed by atoms with Gasteiger partial charge >= 0.3 is 0 Å². The number of aromatic nitrogens is 1. The van der Waals surface area contributed by atoms with Crippen LogP contribution in [-0.4, -0.2) is 65.9 Å². The van der Waals surface area contributed by atoms with E-state index in [4.69, 9.17) is 0 Å². The third-order valence-corrected chi connectivity index (χ3v) is 5.76. The number of rotatable bonds is 7. The van der Waals surface area contributed by atoms with Crippen molar-refractivity contribution < 1.29 is 9.59 Å². The molecular weight excluding hydrogens is 328 g/mol. The highest BCUT2D eigenvalue weighted by molar-refractivity contribution is 5.93. The molecule has 2 aliphatic rings. The second kappa shape index (κ2) is 7.74. The fourth-order valence-electron chi connectivity index (χ4n) is 3.86. The zero-order valence-electron chi connectivity index (χ0n) is 16.3. The molecule has 0 aromatic carbocycles. The van der Waals surface area contributed by atoms with Crippen molar-refractivity contribution in [2.24, 2.45) is 11.8 Å². The van der Waals surface area contributed by atoms with Crippen LogP contribution in [0.15, 0.2) is 12.3 Å². The Balaban J connectivity index is 1.44. The van der Waals surface area contributed by atoms with Crippen molar-refractivity contribution in [1.82, 2.24) is 20.1 Å². The number of nitrogens with zero attached hydrogens (tertiary/aromatic N) is 3. The molecule has 26 heavy (non-hydrogen) atoms. The number of nitrogens with one attached hydrogen (secondary N) is 1. The molecule has 1 aliphatic carbocycles. The summed E-state index contributed by atoms with van der Waals surface area (Å²) < 4.78 is 0. The van der Waals surface area contributed by atoms with Gasteiger partial charge in [-0.25, -0.2) is 0 Å². The van der Waals surface area contributed by atoms with E-state index in [2.05, 4.69) is 29.2 Å². The van der Waals surface area contributed by atoms with Crippen molar-refractivity contribution in [2.45, 2.75) is 39.7 Å². The molecule has 1 saturated carbocycles. The molecule has 0 bridgehead atoms. The molecule has 1 aromatic heterocycles. The number of piperidine rings is 1. The highest BCUT2D eigenvalue weighted by atomic mass is 16.2. The van der Waals surface area contributed by atoms with E-state index in [-0.39, 0.29) is 17.9 Å². The molecule has 2 amide bonds.